The maximum absolute atomic E-state index is 12.5. The number of nitrogens with zero attached hydrogens (tertiary/aromatic N) is 3. The highest BCUT2D eigenvalue weighted by Gasteiger charge is 2.33. The van der Waals surface area contributed by atoms with Gasteiger partial charge in [-0.3, -0.25) is 19.6 Å². The predicted molar refractivity (Wildman–Crippen MR) is 89.0 cm³/mol. The van der Waals surface area contributed by atoms with Gasteiger partial charge in [-0.25, -0.2) is 0 Å². The van der Waals surface area contributed by atoms with Crippen LogP contribution in [0.5, 0.6) is 0 Å². The van der Waals surface area contributed by atoms with E-state index in [4.69, 9.17) is 4.74 Å². The summed E-state index contributed by atoms with van der Waals surface area (Å²) in [6, 6.07) is 1.70. The standard InChI is InChI=1S/C16H27N5O3/c1-11(2)21-6-5-17-16(23)14(21)8-15(22)20(3)9-12-7-13(10-24-4)19-18-12/h7,11,14H,5-6,8-10H2,1-4H3,(H,17,23)(H,18,19). The van der Waals surface area contributed by atoms with E-state index in [2.05, 4.69) is 20.4 Å². The number of hydrogen-bond acceptors (Lipinski definition) is 5. The van der Waals surface area contributed by atoms with Crippen LogP contribution < -0.4 is 5.32 Å². The molecule has 1 saturated heterocycles. The van der Waals surface area contributed by atoms with Crippen molar-refractivity contribution in [1.82, 2.24) is 25.3 Å². The van der Waals surface area contributed by atoms with E-state index in [0.717, 1.165) is 17.9 Å². The fraction of sp³-hybridized carbons (Fsp3) is 0.688. The molecule has 0 bridgehead atoms. The average molecular weight is 337 g/mol. The molecule has 0 saturated carbocycles. The number of methoxy groups -OCH3 is 1. The number of carbonyl (C=O) groups is 2. The summed E-state index contributed by atoms with van der Waals surface area (Å²) < 4.78 is 5.03. The summed E-state index contributed by atoms with van der Waals surface area (Å²) in [5.74, 6) is -0.133. The van der Waals surface area contributed by atoms with E-state index in [1.165, 1.54) is 0 Å². The third-order valence-electron chi connectivity index (χ3n) is 4.21. The second-order valence-corrected chi connectivity index (χ2v) is 6.41. The van der Waals surface area contributed by atoms with Gasteiger partial charge in [0.2, 0.25) is 11.8 Å². The molecule has 0 aromatic carbocycles. The number of nitrogens with one attached hydrogen (secondary N) is 2. The van der Waals surface area contributed by atoms with Crippen LogP contribution in [0.2, 0.25) is 0 Å². The third-order valence-corrected chi connectivity index (χ3v) is 4.21. The fourth-order valence-corrected chi connectivity index (χ4v) is 2.94. The minimum atomic E-state index is -0.403. The first kappa shape index (κ1) is 18.4. The van der Waals surface area contributed by atoms with Crippen molar-refractivity contribution in [2.24, 2.45) is 0 Å². The molecule has 8 heteroatoms. The van der Waals surface area contributed by atoms with E-state index in [0.29, 0.717) is 19.7 Å². The normalized spacial score (nSPS) is 18.7. The van der Waals surface area contributed by atoms with Crippen LogP contribution in [0.25, 0.3) is 0 Å². The van der Waals surface area contributed by atoms with Crippen LogP contribution in [0.3, 0.4) is 0 Å². The van der Waals surface area contributed by atoms with E-state index in [1.54, 1.807) is 19.1 Å². The van der Waals surface area contributed by atoms with Crippen molar-refractivity contribution in [3.63, 3.8) is 0 Å². The molecule has 2 heterocycles. The van der Waals surface area contributed by atoms with Gasteiger partial charge in [-0.2, -0.15) is 5.10 Å². The Bertz CT molecular complexity index is 572. The Morgan fingerprint density at radius 1 is 1.54 bits per heavy atom. The molecule has 1 aliphatic rings. The van der Waals surface area contributed by atoms with Crippen molar-refractivity contribution >= 4 is 11.8 Å². The van der Waals surface area contributed by atoms with Crippen LogP contribution in [0, 0.1) is 0 Å². The molecule has 2 rings (SSSR count). The largest absolute Gasteiger partial charge is 0.378 e. The van der Waals surface area contributed by atoms with Crippen LogP contribution in [0.4, 0.5) is 0 Å². The van der Waals surface area contributed by atoms with Gasteiger partial charge in [0.05, 0.1) is 37.0 Å². The monoisotopic (exact) mass is 337 g/mol. The molecule has 0 spiro atoms. The van der Waals surface area contributed by atoms with E-state index >= 15 is 0 Å². The minimum absolute atomic E-state index is 0.0643. The first-order chi connectivity index (χ1) is 11.4. The number of rotatable bonds is 7. The molecule has 1 atom stereocenters. The first-order valence-corrected chi connectivity index (χ1v) is 8.22. The first-order valence-electron chi connectivity index (χ1n) is 8.22. The van der Waals surface area contributed by atoms with Crippen molar-refractivity contribution in [2.75, 3.05) is 27.2 Å². The van der Waals surface area contributed by atoms with Gasteiger partial charge in [-0.1, -0.05) is 0 Å². The maximum Gasteiger partial charge on any atom is 0.237 e. The number of aromatic nitrogens is 2. The molecule has 0 radical (unpaired) electrons. The zero-order valence-electron chi connectivity index (χ0n) is 14.8. The average Bonchev–Trinajstić information content (AvgIpc) is 2.96. The number of ether oxygens (including phenoxy) is 1. The van der Waals surface area contributed by atoms with E-state index in [1.807, 2.05) is 19.9 Å². The second-order valence-electron chi connectivity index (χ2n) is 6.41. The van der Waals surface area contributed by atoms with Crippen LogP contribution in [0.15, 0.2) is 6.07 Å². The fourth-order valence-electron chi connectivity index (χ4n) is 2.94. The van der Waals surface area contributed by atoms with Crippen molar-refractivity contribution in [2.45, 2.75) is 45.5 Å². The van der Waals surface area contributed by atoms with Crippen molar-refractivity contribution in [1.29, 1.82) is 0 Å². The number of carbonyl (C=O) groups excluding carboxylic acids is 2. The molecule has 1 aliphatic heterocycles. The van der Waals surface area contributed by atoms with Gasteiger partial charge < -0.3 is 15.0 Å². The van der Waals surface area contributed by atoms with Crippen LogP contribution in [-0.2, 0) is 27.5 Å². The number of piperazine rings is 1. The molecule has 134 valence electrons. The van der Waals surface area contributed by atoms with Gasteiger partial charge in [0.25, 0.3) is 0 Å². The maximum atomic E-state index is 12.5. The zero-order chi connectivity index (χ0) is 17.7. The molecule has 1 unspecified atom stereocenters. The molecule has 0 aliphatic carbocycles. The smallest absolute Gasteiger partial charge is 0.237 e. The Kier molecular flexibility index (Phi) is 6.33. The van der Waals surface area contributed by atoms with Gasteiger partial charge in [0.1, 0.15) is 0 Å². The highest BCUT2D eigenvalue weighted by molar-refractivity contribution is 5.88. The van der Waals surface area contributed by atoms with Crippen molar-refractivity contribution in [3.8, 4) is 0 Å². The lowest BCUT2D eigenvalue weighted by Crippen LogP contribution is -2.58. The van der Waals surface area contributed by atoms with E-state index in [9.17, 15) is 9.59 Å². The number of hydrogen-bond donors (Lipinski definition) is 2. The summed E-state index contributed by atoms with van der Waals surface area (Å²) in [5.41, 5.74) is 1.64. The van der Waals surface area contributed by atoms with Gasteiger partial charge in [-0.05, 0) is 19.9 Å². The zero-order valence-corrected chi connectivity index (χ0v) is 14.8. The Morgan fingerprint density at radius 3 is 2.96 bits per heavy atom. The molecule has 2 N–H and O–H groups in total. The molecule has 24 heavy (non-hydrogen) atoms. The van der Waals surface area contributed by atoms with Crippen LogP contribution in [0.1, 0.15) is 31.7 Å². The summed E-state index contributed by atoms with van der Waals surface area (Å²) in [6.07, 6.45) is 0.180. The van der Waals surface area contributed by atoms with E-state index < -0.39 is 6.04 Å². The Morgan fingerprint density at radius 2 is 2.29 bits per heavy atom. The lowest BCUT2D eigenvalue weighted by atomic mass is 10.1. The Labute approximate surface area is 142 Å². The summed E-state index contributed by atoms with van der Waals surface area (Å²) >= 11 is 0. The predicted octanol–water partition coefficient (Wildman–Crippen LogP) is 0.113. The van der Waals surface area contributed by atoms with Crippen molar-refractivity contribution in [3.05, 3.63) is 17.5 Å². The SMILES string of the molecule is COCc1cc(CN(C)C(=O)CC2C(=O)NCCN2C(C)C)[nH]n1. The summed E-state index contributed by atoms with van der Waals surface area (Å²) in [6.45, 7) is 6.34. The van der Waals surface area contributed by atoms with Crippen LogP contribution >= 0.6 is 0 Å². The lowest BCUT2D eigenvalue weighted by Gasteiger charge is -2.38. The molecule has 1 aromatic rings. The lowest BCUT2D eigenvalue weighted by molar-refractivity contribution is -0.139. The Balaban J connectivity index is 1.95. The Hall–Kier alpha value is -1.93. The van der Waals surface area contributed by atoms with Crippen LogP contribution in [-0.4, -0.2) is 71.1 Å². The third kappa shape index (κ3) is 4.55. The van der Waals surface area contributed by atoms with Gasteiger partial charge >= 0.3 is 0 Å². The van der Waals surface area contributed by atoms with Gasteiger partial charge in [-0.15, -0.1) is 0 Å². The van der Waals surface area contributed by atoms with Gasteiger partial charge in [0, 0.05) is 33.3 Å². The number of amides is 2. The molecular weight excluding hydrogens is 310 g/mol. The molecular formula is C16H27N5O3. The summed E-state index contributed by atoms with van der Waals surface area (Å²) in [4.78, 5) is 28.4. The minimum Gasteiger partial charge on any atom is -0.378 e. The van der Waals surface area contributed by atoms with Crippen molar-refractivity contribution < 1.29 is 14.3 Å². The summed E-state index contributed by atoms with van der Waals surface area (Å²) in [7, 11) is 3.35. The highest BCUT2D eigenvalue weighted by atomic mass is 16.5. The molecule has 2 amide bonds. The molecule has 1 fully saturated rings. The quantitative estimate of drug-likeness (QED) is 0.737. The highest BCUT2D eigenvalue weighted by Crippen LogP contribution is 2.14. The van der Waals surface area contributed by atoms with E-state index in [-0.39, 0.29) is 24.3 Å². The number of H-pyrrole nitrogens is 1. The molecule has 1 aromatic heterocycles. The molecule has 8 nitrogen and oxygen atoms in total. The topological polar surface area (TPSA) is 90.6 Å². The second kappa shape index (κ2) is 8.25. The number of aromatic amines is 1. The van der Waals surface area contributed by atoms with Gasteiger partial charge in [0.15, 0.2) is 0 Å². The summed E-state index contributed by atoms with van der Waals surface area (Å²) in [5, 5.41) is 9.87.